The number of hydrogen-bond donors (Lipinski definition) is 2. The maximum Gasteiger partial charge on any atom is 0.249 e. The lowest BCUT2D eigenvalue weighted by Gasteiger charge is -2.09. The second kappa shape index (κ2) is 4.24. The highest BCUT2D eigenvalue weighted by Crippen LogP contribution is 2.40. The minimum Gasteiger partial charge on any atom is -0.454 e. The Morgan fingerprint density at radius 1 is 1.19 bits per heavy atom. The molecule has 6 nitrogen and oxygen atoms in total. The van der Waals surface area contributed by atoms with Gasteiger partial charge in [-0.3, -0.25) is 4.79 Å². The number of nitrogens with two attached hydrogens (primary N) is 1. The van der Waals surface area contributed by atoms with Crippen LogP contribution in [0.5, 0.6) is 11.5 Å². The van der Waals surface area contributed by atoms with Crippen LogP contribution in [0.1, 0.15) is 10.4 Å². The summed E-state index contributed by atoms with van der Waals surface area (Å²) < 4.78 is 10.7. The number of primary amides is 1. The molecule has 6 heteroatoms. The summed E-state index contributed by atoms with van der Waals surface area (Å²) in [6.07, 6.45) is 3.49. The maximum absolute atomic E-state index is 11.8. The molecular formula is C15H11N3O3. The zero-order valence-electron chi connectivity index (χ0n) is 10.9. The highest BCUT2D eigenvalue weighted by atomic mass is 16.7. The molecule has 0 atom stereocenters. The first-order chi connectivity index (χ1) is 10.2. The van der Waals surface area contributed by atoms with Gasteiger partial charge >= 0.3 is 0 Å². The molecule has 0 bridgehead atoms. The van der Waals surface area contributed by atoms with Gasteiger partial charge in [0.1, 0.15) is 5.65 Å². The van der Waals surface area contributed by atoms with E-state index in [0.717, 1.165) is 16.6 Å². The highest BCUT2D eigenvalue weighted by Gasteiger charge is 2.21. The molecule has 3 heterocycles. The Morgan fingerprint density at radius 2 is 2.00 bits per heavy atom. The third-order valence-corrected chi connectivity index (χ3v) is 3.53. The van der Waals surface area contributed by atoms with Crippen molar-refractivity contribution in [3.8, 4) is 22.6 Å². The number of nitrogens with one attached hydrogen (secondary N) is 1. The van der Waals surface area contributed by atoms with E-state index >= 15 is 0 Å². The molecule has 0 fully saturated rings. The molecule has 1 aliphatic heterocycles. The molecule has 2 aromatic heterocycles. The number of nitrogens with zero attached hydrogens (tertiary/aromatic N) is 1. The van der Waals surface area contributed by atoms with E-state index in [1.165, 1.54) is 0 Å². The molecule has 1 aliphatic rings. The lowest BCUT2D eigenvalue weighted by Crippen LogP contribution is -2.12. The first-order valence-electron chi connectivity index (χ1n) is 6.40. The fraction of sp³-hybridized carbons (Fsp3) is 0.0667. The molecule has 3 aromatic rings. The van der Waals surface area contributed by atoms with Crippen molar-refractivity contribution < 1.29 is 14.3 Å². The zero-order valence-corrected chi connectivity index (χ0v) is 10.9. The summed E-state index contributed by atoms with van der Waals surface area (Å²) in [6.45, 7) is 0.146. The predicted octanol–water partition coefficient (Wildman–Crippen LogP) is 2.06. The molecule has 1 aromatic carbocycles. The van der Waals surface area contributed by atoms with Gasteiger partial charge in [0.15, 0.2) is 11.5 Å². The first-order valence-corrected chi connectivity index (χ1v) is 6.40. The average Bonchev–Trinajstić information content (AvgIpc) is 3.13. The molecule has 0 radical (unpaired) electrons. The summed E-state index contributed by atoms with van der Waals surface area (Å²) in [5.74, 6) is 0.631. The van der Waals surface area contributed by atoms with Crippen LogP contribution in [0, 0.1) is 0 Å². The summed E-state index contributed by atoms with van der Waals surface area (Å²) in [5, 5.41) is 0.916. The van der Waals surface area contributed by atoms with Gasteiger partial charge in [-0.2, -0.15) is 0 Å². The van der Waals surface area contributed by atoms with Gasteiger partial charge in [-0.05, 0) is 35.4 Å². The van der Waals surface area contributed by atoms with Gasteiger partial charge in [-0.25, -0.2) is 4.98 Å². The molecule has 1 amide bonds. The molecule has 21 heavy (non-hydrogen) atoms. The number of hydrogen-bond acceptors (Lipinski definition) is 4. The Bertz CT molecular complexity index is 870. The van der Waals surface area contributed by atoms with Crippen molar-refractivity contribution in [2.75, 3.05) is 6.79 Å². The van der Waals surface area contributed by atoms with Crippen LogP contribution in [0.15, 0.2) is 36.7 Å². The van der Waals surface area contributed by atoms with E-state index in [0.29, 0.717) is 22.6 Å². The molecule has 0 saturated carbocycles. The van der Waals surface area contributed by atoms with Crippen molar-refractivity contribution in [3.05, 3.63) is 42.2 Å². The molecule has 0 saturated heterocycles. The minimum atomic E-state index is -0.510. The van der Waals surface area contributed by atoms with E-state index in [2.05, 4.69) is 9.97 Å². The normalized spacial score (nSPS) is 12.8. The van der Waals surface area contributed by atoms with Crippen molar-refractivity contribution in [2.24, 2.45) is 5.73 Å². The van der Waals surface area contributed by atoms with Gasteiger partial charge in [0, 0.05) is 17.8 Å². The third-order valence-electron chi connectivity index (χ3n) is 3.53. The number of ether oxygens (including phenoxy) is 2. The topological polar surface area (TPSA) is 90.2 Å². The van der Waals surface area contributed by atoms with Crippen LogP contribution in [-0.2, 0) is 0 Å². The van der Waals surface area contributed by atoms with Crippen molar-refractivity contribution in [1.29, 1.82) is 0 Å². The number of fused-ring (bicyclic) bond motifs is 2. The SMILES string of the molecule is NC(=O)c1cc2c(cc1-c1ccnc3[nH]ccc13)OCO2. The Kier molecular flexibility index (Phi) is 2.38. The van der Waals surface area contributed by atoms with Crippen molar-refractivity contribution in [3.63, 3.8) is 0 Å². The van der Waals surface area contributed by atoms with Gasteiger partial charge in [-0.15, -0.1) is 0 Å². The number of aromatic amines is 1. The van der Waals surface area contributed by atoms with Crippen LogP contribution in [0.25, 0.3) is 22.2 Å². The molecular weight excluding hydrogens is 270 g/mol. The standard InChI is InChI=1S/C15H11N3O3/c16-14(19)11-6-13-12(20-7-21-13)5-10(11)8-1-3-17-15-9(8)2-4-18-15/h1-6H,7H2,(H2,16,19)(H,17,18). The van der Waals surface area contributed by atoms with E-state index in [1.807, 2.05) is 12.1 Å². The largest absolute Gasteiger partial charge is 0.454 e. The third kappa shape index (κ3) is 1.73. The van der Waals surface area contributed by atoms with Crippen LogP contribution in [0.2, 0.25) is 0 Å². The summed E-state index contributed by atoms with van der Waals surface area (Å²) in [5.41, 5.74) is 8.23. The van der Waals surface area contributed by atoms with Crippen molar-refractivity contribution >= 4 is 16.9 Å². The van der Waals surface area contributed by atoms with Crippen LogP contribution in [-0.4, -0.2) is 22.7 Å². The number of amides is 1. The Morgan fingerprint density at radius 3 is 2.81 bits per heavy atom. The second-order valence-electron chi connectivity index (χ2n) is 4.71. The van der Waals surface area contributed by atoms with Gasteiger partial charge in [-0.1, -0.05) is 0 Å². The monoisotopic (exact) mass is 281 g/mol. The number of H-pyrrole nitrogens is 1. The minimum absolute atomic E-state index is 0.146. The molecule has 104 valence electrons. The molecule has 0 unspecified atom stereocenters. The Balaban J connectivity index is 2.03. The van der Waals surface area contributed by atoms with Crippen molar-refractivity contribution in [2.45, 2.75) is 0 Å². The number of aromatic nitrogens is 2. The zero-order chi connectivity index (χ0) is 14.4. The highest BCUT2D eigenvalue weighted by molar-refractivity contribution is 6.05. The van der Waals surface area contributed by atoms with Crippen LogP contribution >= 0.6 is 0 Å². The van der Waals surface area contributed by atoms with E-state index in [1.54, 1.807) is 24.5 Å². The second-order valence-corrected chi connectivity index (χ2v) is 4.71. The Hall–Kier alpha value is -3.02. The summed E-state index contributed by atoms with van der Waals surface area (Å²) in [6, 6.07) is 7.16. The lowest BCUT2D eigenvalue weighted by atomic mass is 9.97. The number of pyridine rings is 1. The van der Waals surface area contributed by atoms with E-state index in [4.69, 9.17) is 15.2 Å². The number of carbonyl (C=O) groups is 1. The molecule has 0 aliphatic carbocycles. The predicted molar refractivity (Wildman–Crippen MR) is 76.2 cm³/mol. The van der Waals surface area contributed by atoms with E-state index < -0.39 is 5.91 Å². The summed E-state index contributed by atoms with van der Waals surface area (Å²) in [7, 11) is 0. The van der Waals surface area contributed by atoms with Crippen LogP contribution in [0.4, 0.5) is 0 Å². The molecule has 4 rings (SSSR count). The fourth-order valence-electron chi connectivity index (χ4n) is 2.56. The van der Waals surface area contributed by atoms with Gasteiger partial charge in [0.05, 0.1) is 5.56 Å². The Labute approximate surface area is 119 Å². The van der Waals surface area contributed by atoms with Gasteiger partial charge in [0.2, 0.25) is 12.7 Å². The smallest absolute Gasteiger partial charge is 0.249 e. The van der Waals surface area contributed by atoms with Crippen LogP contribution < -0.4 is 15.2 Å². The first kappa shape index (κ1) is 11.8. The average molecular weight is 281 g/mol. The van der Waals surface area contributed by atoms with Gasteiger partial charge < -0.3 is 20.2 Å². The summed E-state index contributed by atoms with van der Waals surface area (Å²) >= 11 is 0. The van der Waals surface area contributed by atoms with E-state index in [-0.39, 0.29) is 6.79 Å². The quantitative estimate of drug-likeness (QED) is 0.752. The molecule has 0 spiro atoms. The maximum atomic E-state index is 11.8. The number of benzene rings is 1. The number of carbonyl (C=O) groups excluding carboxylic acids is 1. The van der Waals surface area contributed by atoms with Crippen LogP contribution in [0.3, 0.4) is 0 Å². The molecule has 3 N–H and O–H groups in total. The van der Waals surface area contributed by atoms with Gasteiger partial charge in [0.25, 0.3) is 0 Å². The lowest BCUT2D eigenvalue weighted by molar-refractivity contribution is 0.100. The summed E-state index contributed by atoms with van der Waals surface area (Å²) in [4.78, 5) is 19.1. The van der Waals surface area contributed by atoms with Crippen molar-refractivity contribution in [1.82, 2.24) is 9.97 Å². The van der Waals surface area contributed by atoms with E-state index in [9.17, 15) is 4.79 Å². The fourth-order valence-corrected chi connectivity index (χ4v) is 2.56. The number of rotatable bonds is 2.